The van der Waals surface area contributed by atoms with Gasteiger partial charge in [0.05, 0.1) is 13.4 Å². The fraction of sp³-hybridized carbons (Fsp3) is 0.714. The van der Waals surface area contributed by atoms with Gasteiger partial charge in [-0.25, -0.2) is 0 Å². The van der Waals surface area contributed by atoms with E-state index in [9.17, 15) is 0 Å². The molecule has 0 radical (unpaired) electrons. The highest BCUT2D eigenvalue weighted by Crippen LogP contribution is 2.00. The van der Waals surface area contributed by atoms with Crippen LogP contribution in [-0.2, 0) is 4.74 Å². The number of allylic oxidation sites excluding steroid dienone is 1. The highest BCUT2D eigenvalue weighted by atomic mass is 16.5. The van der Waals surface area contributed by atoms with Crippen molar-refractivity contribution in [2.24, 2.45) is 5.92 Å². The van der Waals surface area contributed by atoms with E-state index in [2.05, 4.69) is 19.9 Å². The van der Waals surface area contributed by atoms with Crippen LogP contribution >= 0.6 is 0 Å². The topological polar surface area (TPSA) is 9.23 Å². The first-order valence-electron chi connectivity index (χ1n) is 3.00. The second kappa shape index (κ2) is 4.69. The maximum absolute atomic E-state index is 4.73. The highest BCUT2D eigenvalue weighted by Gasteiger charge is 1.87. The van der Waals surface area contributed by atoms with Crippen LogP contribution in [-0.4, -0.2) is 7.11 Å². The van der Waals surface area contributed by atoms with Crippen molar-refractivity contribution >= 4 is 0 Å². The average Bonchev–Trinajstić information content (AvgIpc) is 1.83. The third kappa shape index (κ3) is 3.72. The third-order valence-corrected chi connectivity index (χ3v) is 1.19. The van der Waals surface area contributed by atoms with Crippen molar-refractivity contribution in [3.05, 3.63) is 12.3 Å². The Morgan fingerprint density at radius 1 is 1.62 bits per heavy atom. The second-order valence-electron chi connectivity index (χ2n) is 1.95. The molecule has 0 saturated carbocycles. The summed E-state index contributed by atoms with van der Waals surface area (Å²) in [7, 11) is 1.67. The molecule has 1 heteroatoms. The van der Waals surface area contributed by atoms with Crippen LogP contribution in [0, 0.1) is 5.92 Å². The van der Waals surface area contributed by atoms with E-state index in [0.29, 0.717) is 5.92 Å². The zero-order valence-corrected chi connectivity index (χ0v) is 5.85. The number of rotatable bonds is 3. The van der Waals surface area contributed by atoms with Gasteiger partial charge in [-0.05, 0) is 18.4 Å². The van der Waals surface area contributed by atoms with Crippen molar-refractivity contribution in [2.75, 3.05) is 7.11 Å². The Labute approximate surface area is 51.4 Å². The van der Waals surface area contributed by atoms with E-state index >= 15 is 0 Å². The molecule has 8 heavy (non-hydrogen) atoms. The lowest BCUT2D eigenvalue weighted by Gasteiger charge is -1.97. The van der Waals surface area contributed by atoms with Crippen LogP contribution in [0.5, 0.6) is 0 Å². The van der Waals surface area contributed by atoms with Gasteiger partial charge in [0, 0.05) is 0 Å². The van der Waals surface area contributed by atoms with Crippen LogP contribution in [0.25, 0.3) is 0 Å². The Balaban J connectivity index is 3.21. The highest BCUT2D eigenvalue weighted by molar-refractivity contribution is 4.78. The molecule has 0 aliphatic rings. The molecule has 0 saturated heterocycles. The molecule has 1 nitrogen and oxygen atoms in total. The van der Waals surface area contributed by atoms with Crippen LogP contribution < -0.4 is 0 Å². The van der Waals surface area contributed by atoms with E-state index in [1.54, 1.807) is 13.4 Å². The molecule has 0 aromatic heterocycles. The monoisotopic (exact) mass is 114 g/mol. The van der Waals surface area contributed by atoms with Gasteiger partial charge in [0.15, 0.2) is 0 Å². The maximum atomic E-state index is 4.73. The van der Waals surface area contributed by atoms with Gasteiger partial charge in [-0.15, -0.1) is 0 Å². The molecule has 0 bridgehead atoms. The van der Waals surface area contributed by atoms with Crippen molar-refractivity contribution in [2.45, 2.75) is 20.3 Å². The molecule has 0 spiro atoms. The predicted molar refractivity (Wildman–Crippen MR) is 35.6 cm³/mol. The van der Waals surface area contributed by atoms with Crippen molar-refractivity contribution in [3.8, 4) is 0 Å². The molecule has 0 amide bonds. The van der Waals surface area contributed by atoms with E-state index in [-0.39, 0.29) is 0 Å². The fourth-order valence-electron chi connectivity index (χ4n) is 0.349. The van der Waals surface area contributed by atoms with Gasteiger partial charge in [-0.2, -0.15) is 0 Å². The quantitative estimate of drug-likeness (QED) is 0.511. The third-order valence-electron chi connectivity index (χ3n) is 1.19. The first-order valence-corrected chi connectivity index (χ1v) is 3.00. The molecule has 48 valence electrons. The molecule has 0 aromatic rings. The summed E-state index contributed by atoms with van der Waals surface area (Å²) in [5.41, 5.74) is 0. The van der Waals surface area contributed by atoms with Crippen molar-refractivity contribution in [1.29, 1.82) is 0 Å². The average molecular weight is 114 g/mol. The van der Waals surface area contributed by atoms with Crippen LogP contribution in [0.3, 0.4) is 0 Å². The molecule has 0 aliphatic carbocycles. The van der Waals surface area contributed by atoms with Gasteiger partial charge in [0.25, 0.3) is 0 Å². The van der Waals surface area contributed by atoms with E-state index in [1.807, 2.05) is 0 Å². The van der Waals surface area contributed by atoms with Gasteiger partial charge in [-0.3, -0.25) is 0 Å². The van der Waals surface area contributed by atoms with Crippen molar-refractivity contribution in [3.63, 3.8) is 0 Å². The normalized spacial score (nSPS) is 14.4. The molecular weight excluding hydrogens is 100 g/mol. The summed E-state index contributed by atoms with van der Waals surface area (Å²) in [5, 5.41) is 0. The minimum atomic E-state index is 0.648. The molecule has 0 aliphatic heterocycles. The number of ether oxygens (including phenoxy) is 1. The molecule has 0 heterocycles. The van der Waals surface area contributed by atoms with Gasteiger partial charge in [-0.1, -0.05) is 13.8 Å². The minimum Gasteiger partial charge on any atom is -0.505 e. The molecular formula is C7H14O. The molecule has 0 fully saturated rings. The van der Waals surface area contributed by atoms with E-state index < -0.39 is 0 Å². The Morgan fingerprint density at radius 3 is 2.62 bits per heavy atom. The summed E-state index contributed by atoms with van der Waals surface area (Å²) in [6.07, 6.45) is 4.97. The van der Waals surface area contributed by atoms with Crippen LogP contribution in [0.2, 0.25) is 0 Å². The van der Waals surface area contributed by atoms with E-state index in [4.69, 9.17) is 4.74 Å². The summed E-state index contributed by atoms with van der Waals surface area (Å²) in [6.45, 7) is 4.32. The van der Waals surface area contributed by atoms with Gasteiger partial charge >= 0.3 is 0 Å². The van der Waals surface area contributed by atoms with E-state index in [0.717, 1.165) is 0 Å². The fourth-order valence-corrected chi connectivity index (χ4v) is 0.349. The predicted octanol–water partition coefficient (Wildman–Crippen LogP) is 2.19. The zero-order chi connectivity index (χ0) is 6.41. The van der Waals surface area contributed by atoms with Crippen LogP contribution in [0.15, 0.2) is 12.3 Å². The number of hydrogen-bond acceptors (Lipinski definition) is 1. The number of hydrogen-bond donors (Lipinski definition) is 0. The maximum Gasteiger partial charge on any atom is 0.0787 e. The summed E-state index contributed by atoms with van der Waals surface area (Å²) < 4.78 is 4.73. The van der Waals surface area contributed by atoms with Gasteiger partial charge < -0.3 is 4.74 Å². The minimum absolute atomic E-state index is 0.648. The Kier molecular flexibility index (Phi) is 4.42. The lowest BCUT2D eigenvalue weighted by Crippen LogP contribution is -1.83. The standard InChI is InChI=1S/C7H14O/c1-4-7(2)5-6-8-3/h5-7H,4H2,1-3H3/b6-5+. The molecule has 0 aromatic carbocycles. The molecule has 1 atom stereocenters. The largest absolute Gasteiger partial charge is 0.505 e. The smallest absolute Gasteiger partial charge is 0.0787 e. The first kappa shape index (κ1) is 7.54. The first-order chi connectivity index (χ1) is 3.81. The van der Waals surface area contributed by atoms with Gasteiger partial charge in [0.1, 0.15) is 0 Å². The summed E-state index contributed by atoms with van der Waals surface area (Å²) in [4.78, 5) is 0. The van der Waals surface area contributed by atoms with Crippen LogP contribution in [0.4, 0.5) is 0 Å². The SMILES string of the molecule is CCC(C)/C=C/OC. The van der Waals surface area contributed by atoms with Crippen molar-refractivity contribution < 1.29 is 4.74 Å². The Bertz CT molecular complexity index is 66.8. The number of methoxy groups -OCH3 is 1. The summed E-state index contributed by atoms with van der Waals surface area (Å²) in [6, 6.07) is 0. The lowest BCUT2D eigenvalue weighted by atomic mass is 10.1. The molecule has 1 unspecified atom stereocenters. The lowest BCUT2D eigenvalue weighted by molar-refractivity contribution is 0.334. The molecule has 0 N–H and O–H groups in total. The second-order valence-corrected chi connectivity index (χ2v) is 1.95. The van der Waals surface area contributed by atoms with Crippen LogP contribution in [0.1, 0.15) is 20.3 Å². The zero-order valence-electron chi connectivity index (χ0n) is 5.85. The Morgan fingerprint density at radius 2 is 2.25 bits per heavy atom. The summed E-state index contributed by atoms with van der Waals surface area (Å²) in [5.74, 6) is 0.648. The summed E-state index contributed by atoms with van der Waals surface area (Å²) >= 11 is 0. The van der Waals surface area contributed by atoms with Crippen molar-refractivity contribution in [1.82, 2.24) is 0 Å². The molecule has 0 rings (SSSR count). The van der Waals surface area contributed by atoms with E-state index in [1.165, 1.54) is 6.42 Å². The Hall–Kier alpha value is -0.460. The van der Waals surface area contributed by atoms with Gasteiger partial charge in [0.2, 0.25) is 0 Å².